The molecule has 1 aromatic heterocycles. The number of carbonyl (C=O) groups excluding carboxylic acids is 1. The molecule has 1 aromatic rings. The maximum absolute atomic E-state index is 12.1. The van der Waals surface area contributed by atoms with E-state index in [9.17, 15) is 4.79 Å². The predicted molar refractivity (Wildman–Crippen MR) is 57.6 cm³/mol. The molecule has 0 radical (unpaired) electrons. The summed E-state index contributed by atoms with van der Waals surface area (Å²) in [5.74, 6) is 0.0806. The maximum atomic E-state index is 12.1. The Hall–Kier alpha value is -1.42. The third-order valence-corrected chi connectivity index (χ3v) is 2.71. The average Bonchev–Trinajstić information content (AvgIpc) is 2.23. The van der Waals surface area contributed by atoms with E-state index in [1.165, 1.54) is 0 Å². The normalized spacial score (nSPS) is 15.8. The summed E-state index contributed by atoms with van der Waals surface area (Å²) in [6.07, 6.45) is 3.30. The molecule has 0 aromatic carbocycles. The molecule has 1 amide bonds. The number of pyridine rings is 1. The lowest BCUT2D eigenvalue weighted by molar-refractivity contribution is 0.0630. The van der Waals surface area contributed by atoms with Crippen LogP contribution in [0.25, 0.3) is 0 Å². The van der Waals surface area contributed by atoms with Crippen molar-refractivity contribution in [3.63, 3.8) is 0 Å². The molecule has 80 valence electrons. The summed E-state index contributed by atoms with van der Waals surface area (Å²) in [4.78, 5) is 17.9. The Labute approximate surface area is 89.3 Å². The van der Waals surface area contributed by atoms with Gasteiger partial charge in [0.2, 0.25) is 0 Å². The van der Waals surface area contributed by atoms with Gasteiger partial charge in [-0.15, -0.1) is 0 Å². The van der Waals surface area contributed by atoms with Crippen molar-refractivity contribution in [2.24, 2.45) is 0 Å². The van der Waals surface area contributed by atoms with Crippen LogP contribution < -0.4 is 5.32 Å². The first-order chi connectivity index (χ1) is 7.33. The highest BCUT2D eigenvalue weighted by atomic mass is 16.2. The van der Waals surface area contributed by atoms with Gasteiger partial charge >= 0.3 is 0 Å². The van der Waals surface area contributed by atoms with E-state index in [0.717, 1.165) is 19.6 Å². The second kappa shape index (κ2) is 4.40. The van der Waals surface area contributed by atoms with Gasteiger partial charge in [0.25, 0.3) is 5.91 Å². The molecule has 1 N–H and O–H groups in total. The average molecular weight is 205 g/mol. The van der Waals surface area contributed by atoms with E-state index in [-0.39, 0.29) is 5.91 Å². The minimum atomic E-state index is 0.0806. The van der Waals surface area contributed by atoms with Gasteiger partial charge in [-0.1, -0.05) is 0 Å². The summed E-state index contributed by atoms with van der Waals surface area (Å²) in [5.41, 5.74) is 0.672. The fraction of sp³-hybridized carbons (Fsp3) is 0.455. The molecule has 0 saturated carbocycles. The fourth-order valence-corrected chi connectivity index (χ4v) is 1.72. The Bertz CT molecular complexity index is 335. The van der Waals surface area contributed by atoms with Gasteiger partial charge in [-0.3, -0.25) is 9.78 Å². The lowest BCUT2D eigenvalue weighted by Crippen LogP contribution is -2.58. The summed E-state index contributed by atoms with van der Waals surface area (Å²) in [6.45, 7) is 4.56. The number of hydrogen-bond donors (Lipinski definition) is 1. The van der Waals surface area contributed by atoms with Crippen molar-refractivity contribution in [2.45, 2.75) is 13.0 Å². The topological polar surface area (TPSA) is 45.2 Å². The molecule has 0 unspecified atom stereocenters. The number of nitrogens with zero attached hydrogens (tertiary/aromatic N) is 2. The Morgan fingerprint density at radius 1 is 1.67 bits per heavy atom. The number of amides is 1. The van der Waals surface area contributed by atoms with Gasteiger partial charge in [0.15, 0.2) is 0 Å². The standard InChI is InChI=1S/C11H15N3O/c1-2-14(10-7-13-8-10)11(15)9-4-3-5-12-6-9/h3-6,10,13H,2,7-8H2,1H3. The van der Waals surface area contributed by atoms with Gasteiger partial charge < -0.3 is 10.2 Å². The second-order valence-corrected chi connectivity index (χ2v) is 3.64. The summed E-state index contributed by atoms with van der Waals surface area (Å²) in [6, 6.07) is 3.95. The number of nitrogens with one attached hydrogen (secondary N) is 1. The zero-order valence-electron chi connectivity index (χ0n) is 8.81. The molecule has 2 heterocycles. The number of rotatable bonds is 3. The Morgan fingerprint density at radius 2 is 2.47 bits per heavy atom. The van der Waals surface area contributed by atoms with E-state index in [2.05, 4.69) is 10.3 Å². The van der Waals surface area contributed by atoms with Crippen molar-refractivity contribution in [2.75, 3.05) is 19.6 Å². The van der Waals surface area contributed by atoms with Crippen LogP contribution in [0.1, 0.15) is 17.3 Å². The molecular formula is C11H15N3O. The van der Waals surface area contributed by atoms with Crippen LogP contribution in [-0.4, -0.2) is 41.5 Å². The molecule has 4 nitrogen and oxygen atoms in total. The number of hydrogen-bond acceptors (Lipinski definition) is 3. The third kappa shape index (κ3) is 1.99. The molecule has 0 bridgehead atoms. The van der Waals surface area contributed by atoms with Crippen molar-refractivity contribution in [1.29, 1.82) is 0 Å². The summed E-state index contributed by atoms with van der Waals surface area (Å²) < 4.78 is 0. The molecule has 4 heteroatoms. The molecule has 15 heavy (non-hydrogen) atoms. The molecule has 1 fully saturated rings. The number of carbonyl (C=O) groups is 1. The SMILES string of the molecule is CCN(C(=O)c1cccnc1)C1CNC1. The molecule has 0 atom stereocenters. The van der Waals surface area contributed by atoms with Crippen LogP contribution in [-0.2, 0) is 0 Å². The van der Waals surface area contributed by atoms with Crippen molar-refractivity contribution in [1.82, 2.24) is 15.2 Å². The predicted octanol–water partition coefficient (Wildman–Crippen LogP) is 0.515. The fourth-order valence-electron chi connectivity index (χ4n) is 1.72. The molecule has 1 aliphatic heterocycles. The second-order valence-electron chi connectivity index (χ2n) is 3.64. The van der Waals surface area contributed by atoms with Gasteiger partial charge in [-0.2, -0.15) is 0 Å². The smallest absolute Gasteiger partial charge is 0.255 e. The van der Waals surface area contributed by atoms with E-state index in [0.29, 0.717) is 11.6 Å². The first-order valence-electron chi connectivity index (χ1n) is 5.24. The van der Waals surface area contributed by atoms with Crippen LogP contribution in [0.5, 0.6) is 0 Å². The molecular weight excluding hydrogens is 190 g/mol. The van der Waals surface area contributed by atoms with Crippen LogP contribution in [0, 0.1) is 0 Å². The highest BCUT2D eigenvalue weighted by Gasteiger charge is 2.27. The van der Waals surface area contributed by atoms with Gasteiger partial charge in [-0.25, -0.2) is 0 Å². The zero-order valence-corrected chi connectivity index (χ0v) is 8.81. The Kier molecular flexibility index (Phi) is 2.97. The van der Waals surface area contributed by atoms with Gasteiger partial charge in [-0.05, 0) is 19.1 Å². The molecule has 0 aliphatic carbocycles. The van der Waals surface area contributed by atoms with Crippen LogP contribution >= 0.6 is 0 Å². The number of aromatic nitrogens is 1. The molecule has 1 saturated heterocycles. The van der Waals surface area contributed by atoms with Crippen LogP contribution in [0.4, 0.5) is 0 Å². The van der Waals surface area contributed by atoms with Gasteiger partial charge in [0, 0.05) is 32.0 Å². The first kappa shape index (κ1) is 10.1. The van der Waals surface area contributed by atoms with Crippen LogP contribution in [0.3, 0.4) is 0 Å². The largest absolute Gasteiger partial charge is 0.333 e. The molecule has 0 spiro atoms. The van der Waals surface area contributed by atoms with Crippen molar-refractivity contribution < 1.29 is 4.79 Å². The summed E-state index contributed by atoms with van der Waals surface area (Å²) in [5, 5.41) is 3.17. The van der Waals surface area contributed by atoms with Crippen LogP contribution in [0.2, 0.25) is 0 Å². The molecule has 1 aliphatic rings. The van der Waals surface area contributed by atoms with E-state index in [4.69, 9.17) is 0 Å². The third-order valence-electron chi connectivity index (χ3n) is 2.71. The maximum Gasteiger partial charge on any atom is 0.255 e. The van der Waals surface area contributed by atoms with Gasteiger partial charge in [0.1, 0.15) is 0 Å². The van der Waals surface area contributed by atoms with E-state index in [1.807, 2.05) is 17.9 Å². The highest BCUT2D eigenvalue weighted by Crippen LogP contribution is 2.10. The van der Waals surface area contributed by atoms with E-state index >= 15 is 0 Å². The van der Waals surface area contributed by atoms with Crippen molar-refractivity contribution >= 4 is 5.91 Å². The van der Waals surface area contributed by atoms with Crippen molar-refractivity contribution in [3.8, 4) is 0 Å². The quantitative estimate of drug-likeness (QED) is 0.782. The van der Waals surface area contributed by atoms with E-state index in [1.54, 1.807) is 18.5 Å². The Morgan fingerprint density at radius 3 is 2.93 bits per heavy atom. The summed E-state index contributed by atoms with van der Waals surface area (Å²) in [7, 11) is 0. The minimum Gasteiger partial charge on any atom is -0.333 e. The monoisotopic (exact) mass is 205 g/mol. The summed E-state index contributed by atoms with van der Waals surface area (Å²) >= 11 is 0. The van der Waals surface area contributed by atoms with E-state index < -0.39 is 0 Å². The van der Waals surface area contributed by atoms with Crippen molar-refractivity contribution in [3.05, 3.63) is 30.1 Å². The molecule has 2 rings (SSSR count). The Balaban J connectivity index is 2.11. The minimum absolute atomic E-state index is 0.0806. The van der Waals surface area contributed by atoms with Crippen LogP contribution in [0.15, 0.2) is 24.5 Å². The van der Waals surface area contributed by atoms with Gasteiger partial charge in [0.05, 0.1) is 11.6 Å². The lowest BCUT2D eigenvalue weighted by Gasteiger charge is -2.37. The number of likely N-dealkylation sites (N-methyl/N-ethyl adjacent to an activating group) is 1. The zero-order chi connectivity index (χ0) is 10.7. The first-order valence-corrected chi connectivity index (χ1v) is 5.24. The lowest BCUT2D eigenvalue weighted by atomic mass is 10.1. The highest BCUT2D eigenvalue weighted by molar-refractivity contribution is 5.94.